The molecule has 0 heterocycles. The number of hydrogen-bond acceptors (Lipinski definition) is 4. The summed E-state index contributed by atoms with van der Waals surface area (Å²) in [7, 11) is 0. The van der Waals surface area contributed by atoms with Gasteiger partial charge in [0.1, 0.15) is 0 Å². The van der Waals surface area contributed by atoms with Crippen molar-refractivity contribution in [3.05, 3.63) is 0 Å². The number of nitrogens with two attached hydrogens (primary N) is 1. The van der Waals surface area contributed by atoms with Gasteiger partial charge in [-0.3, -0.25) is 5.41 Å². The maximum absolute atomic E-state index is 8.99. The average Bonchev–Trinajstić information content (AvgIpc) is 1.99. The van der Waals surface area contributed by atoms with Gasteiger partial charge < -0.3 is 15.9 Å². The van der Waals surface area contributed by atoms with E-state index < -0.39 is 6.10 Å². The SMILES string of the molecule is CC(CC(=N)N)SCC(O)CO. The zero-order valence-electron chi connectivity index (χ0n) is 7.16. The van der Waals surface area contributed by atoms with E-state index in [0.717, 1.165) is 0 Å². The lowest BCUT2D eigenvalue weighted by molar-refractivity contribution is 0.113. The summed E-state index contributed by atoms with van der Waals surface area (Å²) in [6.07, 6.45) is -0.132. The molecule has 0 bridgehead atoms. The average molecular weight is 192 g/mol. The van der Waals surface area contributed by atoms with Crippen LogP contribution in [0.1, 0.15) is 13.3 Å². The van der Waals surface area contributed by atoms with Crippen molar-refractivity contribution < 1.29 is 10.2 Å². The van der Waals surface area contributed by atoms with Gasteiger partial charge in [-0.25, -0.2) is 0 Å². The lowest BCUT2D eigenvalue weighted by Crippen LogP contribution is -2.19. The Kier molecular flexibility index (Phi) is 6.14. The van der Waals surface area contributed by atoms with E-state index in [9.17, 15) is 0 Å². The number of amidine groups is 1. The third-order valence-corrected chi connectivity index (χ3v) is 2.60. The van der Waals surface area contributed by atoms with Crippen molar-refractivity contribution in [2.24, 2.45) is 5.73 Å². The topological polar surface area (TPSA) is 90.3 Å². The smallest absolute Gasteiger partial charge is 0.0916 e. The number of nitrogens with one attached hydrogen (secondary N) is 1. The fourth-order valence-electron chi connectivity index (χ4n) is 0.697. The molecule has 4 nitrogen and oxygen atoms in total. The molecule has 12 heavy (non-hydrogen) atoms. The van der Waals surface area contributed by atoms with Crippen LogP contribution in [0, 0.1) is 5.41 Å². The first-order chi connectivity index (χ1) is 5.56. The van der Waals surface area contributed by atoms with E-state index in [4.69, 9.17) is 21.4 Å². The Morgan fingerprint density at radius 3 is 2.67 bits per heavy atom. The predicted octanol–water partition coefficient (Wildman–Crippen LogP) is -0.213. The fraction of sp³-hybridized carbons (Fsp3) is 0.857. The van der Waals surface area contributed by atoms with Crippen molar-refractivity contribution in [1.29, 1.82) is 5.41 Å². The number of aliphatic hydroxyl groups is 2. The zero-order valence-corrected chi connectivity index (χ0v) is 7.97. The summed E-state index contributed by atoms with van der Waals surface area (Å²) in [5, 5.41) is 24.7. The highest BCUT2D eigenvalue weighted by Gasteiger charge is 2.07. The van der Waals surface area contributed by atoms with E-state index >= 15 is 0 Å². The summed E-state index contributed by atoms with van der Waals surface area (Å²) in [4.78, 5) is 0. The molecule has 2 unspecified atom stereocenters. The molecule has 0 fully saturated rings. The monoisotopic (exact) mass is 192 g/mol. The van der Waals surface area contributed by atoms with Crippen LogP contribution in [0.5, 0.6) is 0 Å². The van der Waals surface area contributed by atoms with Crippen molar-refractivity contribution in [3.8, 4) is 0 Å². The number of hydrogen-bond donors (Lipinski definition) is 4. The first kappa shape index (κ1) is 11.7. The van der Waals surface area contributed by atoms with Crippen LogP contribution in [0.25, 0.3) is 0 Å². The van der Waals surface area contributed by atoms with Gasteiger partial charge in [0.05, 0.1) is 18.5 Å². The molecule has 0 aliphatic carbocycles. The quantitative estimate of drug-likeness (QED) is 0.346. The highest BCUT2D eigenvalue weighted by Crippen LogP contribution is 2.14. The Balaban J connectivity index is 3.43. The van der Waals surface area contributed by atoms with Crippen LogP contribution in [-0.2, 0) is 0 Å². The Bertz CT molecular complexity index is 143. The van der Waals surface area contributed by atoms with E-state index in [2.05, 4.69) is 0 Å². The summed E-state index contributed by atoms with van der Waals surface area (Å²) in [6, 6.07) is 0. The van der Waals surface area contributed by atoms with E-state index in [0.29, 0.717) is 12.2 Å². The lowest BCUT2D eigenvalue weighted by Gasteiger charge is -2.12. The Labute approximate surface area is 76.7 Å². The second kappa shape index (κ2) is 6.28. The molecule has 0 saturated carbocycles. The second-order valence-corrected chi connectivity index (χ2v) is 4.18. The molecule has 0 spiro atoms. The molecular formula is C7H16N2O2S. The largest absolute Gasteiger partial charge is 0.394 e. The lowest BCUT2D eigenvalue weighted by atomic mass is 10.3. The van der Waals surface area contributed by atoms with Crippen LogP contribution in [-0.4, -0.2) is 39.8 Å². The molecule has 0 aromatic carbocycles. The molecule has 5 N–H and O–H groups in total. The summed E-state index contributed by atoms with van der Waals surface area (Å²) in [5.74, 6) is 0.652. The highest BCUT2D eigenvalue weighted by molar-refractivity contribution is 7.99. The first-order valence-electron chi connectivity index (χ1n) is 3.79. The van der Waals surface area contributed by atoms with Gasteiger partial charge in [-0.15, -0.1) is 0 Å². The highest BCUT2D eigenvalue weighted by atomic mass is 32.2. The van der Waals surface area contributed by atoms with Crippen molar-refractivity contribution in [2.45, 2.75) is 24.7 Å². The van der Waals surface area contributed by atoms with Gasteiger partial charge in [0.2, 0.25) is 0 Å². The Morgan fingerprint density at radius 1 is 1.67 bits per heavy atom. The molecule has 0 saturated heterocycles. The molecule has 0 rings (SSSR count). The van der Waals surface area contributed by atoms with Gasteiger partial charge in [0.25, 0.3) is 0 Å². The third-order valence-electron chi connectivity index (χ3n) is 1.29. The number of thioether (sulfide) groups is 1. The predicted molar refractivity (Wildman–Crippen MR) is 51.5 cm³/mol. The number of rotatable bonds is 6. The molecule has 0 aromatic heterocycles. The van der Waals surface area contributed by atoms with Gasteiger partial charge >= 0.3 is 0 Å². The van der Waals surface area contributed by atoms with E-state index in [1.54, 1.807) is 0 Å². The summed E-state index contributed by atoms with van der Waals surface area (Å²) >= 11 is 1.51. The van der Waals surface area contributed by atoms with Crippen molar-refractivity contribution >= 4 is 17.6 Å². The molecule has 0 radical (unpaired) electrons. The maximum atomic E-state index is 8.99. The molecule has 0 aromatic rings. The summed E-state index contributed by atoms with van der Waals surface area (Å²) in [5.41, 5.74) is 5.19. The molecule has 72 valence electrons. The minimum Gasteiger partial charge on any atom is -0.394 e. The Morgan fingerprint density at radius 2 is 2.25 bits per heavy atom. The van der Waals surface area contributed by atoms with Crippen LogP contribution in [0.4, 0.5) is 0 Å². The van der Waals surface area contributed by atoms with Crippen molar-refractivity contribution in [1.82, 2.24) is 0 Å². The minimum absolute atomic E-state index is 0.161. The summed E-state index contributed by atoms with van der Waals surface area (Å²) < 4.78 is 0. The molecule has 5 heteroatoms. The second-order valence-electron chi connectivity index (χ2n) is 2.71. The van der Waals surface area contributed by atoms with Gasteiger partial charge in [0, 0.05) is 17.4 Å². The number of aliphatic hydroxyl groups excluding tert-OH is 2. The molecule has 0 aliphatic rings. The van der Waals surface area contributed by atoms with Gasteiger partial charge in [-0.1, -0.05) is 6.92 Å². The third kappa shape index (κ3) is 6.45. The van der Waals surface area contributed by atoms with E-state index in [1.807, 2.05) is 6.92 Å². The fourth-order valence-corrected chi connectivity index (χ4v) is 1.65. The Hall–Kier alpha value is -0.260. The van der Waals surface area contributed by atoms with Crippen LogP contribution in [0.3, 0.4) is 0 Å². The standard InChI is InChI=1S/C7H16N2O2S/c1-5(2-7(8)9)12-4-6(11)3-10/h5-6,10-11H,2-4H2,1H3,(H3,8,9). The van der Waals surface area contributed by atoms with Crippen LogP contribution in [0.2, 0.25) is 0 Å². The van der Waals surface area contributed by atoms with E-state index in [-0.39, 0.29) is 17.7 Å². The first-order valence-corrected chi connectivity index (χ1v) is 4.84. The van der Waals surface area contributed by atoms with E-state index in [1.165, 1.54) is 11.8 Å². The van der Waals surface area contributed by atoms with Crippen LogP contribution < -0.4 is 5.73 Å². The minimum atomic E-state index is -0.663. The van der Waals surface area contributed by atoms with Gasteiger partial charge in [-0.2, -0.15) is 11.8 Å². The zero-order chi connectivity index (χ0) is 9.56. The summed E-state index contributed by atoms with van der Waals surface area (Å²) in [6.45, 7) is 1.73. The maximum Gasteiger partial charge on any atom is 0.0916 e. The van der Waals surface area contributed by atoms with Crippen LogP contribution in [0.15, 0.2) is 0 Å². The molecule has 2 atom stereocenters. The molecular weight excluding hydrogens is 176 g/mol. The normalized spacial score (nSPS) is 15.6. The molecule has 0 aliphatic heterocycles. The van der Waals surface area contributed by atoms with Crippen molar-refractivity contribution in [2.75, 3.05) is 12.4 Å². The van der Waals surface area contributed by atoms with Gasteiger partial charge in [0.15, 0.2) is 0 Å². The van der Waals surface area contributed by atoms with Crippen LogP contribution >= 0.6 is 11.8 Å². The molecule has 0 amide bonds. The van der Waals surface area contributed by atoms with Gasteiger partial charge in [-0.05, 0) is 0 Å². The van der Waals surface area contributed by atoms with Crippen molar-refractivity contribution in [3.63, 3.8) is 0 Å².